The van der Waals surface area contributed by atoms with Crippen molar-refractivity contribution in [1.29, 1.82) is 0 Å². The quantitative estimate of drug-likeness (QED) is 0.793. The topological polar surface area (TPSA) is 58.9 Å². The molecule has 92 valence electrons. The van der Waals surface area contributed by atoms with Crippen LogP contribution < -0.4 is 0 Å². The van der Waals surface area contributed by atoms with Gasteiger partial charge in [0.25, 0.3) is 0 Å². The molecule has 0 spiro atoms. The van der Waals surface area contributed by atoms with E-state index in [4.69, 9.17) is 0 Å². The Hall–Kier alpha value is -2.01. The lowest BCUT2D eigenvalue weighted by Crippen LogP contribution is -1.96. The number of rotatable bonds is 3. The molecular formula is C13H12N2O2S. The van der Waals surface area contributed by atoms with Gasteiger partial charge in [0, 0.05) is 6.26 Å². The highest BCUT2D eigenvalue weighted by molar-refractivity contribution is 7.90. The van der Waals surface area contributed by atoms with Crippen molar-refractivity contribution in [3.63, 3.8) is 0 Å². The number of azo groups is 1. The van der Waals surface area contributed by atoms with E-state index in [1.54, 1.807) is 30.3 Å². The average molecular weight is 260 g/mol. The lowest BCUT2D eigenvalue weighted by atomic mass is 10.3. The lowest BCUT2D eigenvalue weighted by molar-refractivity contribution is 0.602. The highest BCUT2D eigenvalue weighted by Crippen LogP contribution is 2.25. The van der Waals surface area contributed by atoms with E-state index in [1.165, 1.54) is 6.07 Å². The smallest absolute Gasteiger partial charge is 0.177 e. The molecule has 0 saturated heterocycles. The third kappa shape index (κ3) is 3.01. The van der Waals surface area contributed by atoms with E-state index < -0.39 is 9.84 Å². The van der Waals surface area contributed by atoms with Crippen LogP contribution in [0.3, 0.4) is 0 Å². The molecule has 0 radical (unpaired) electrons. The van der Waals surface area contributed by atoms with Crippen LogP contribution in [0.15, 0.2) is 69.7 Å². The van der Waals surface area contributed by atoms with Gasteiger partial charge in [-0.1, -0.05) is 30.3 Å². The fraction of sp³-hybridized carbons (Fsp3) is 0.0769. The molecule has 2 rings (SSSR count). The summed E-state index contributed by atoms with van der Waals surface area (Å²) < 4.78 is 23.1. The summed E-state index contributed by atoms with van der Waals surface area (Å²) in [5.41, 5.74) is 1.03. The third-order valence-corrected chi connectivity index (χ3v) is 3.44. The van der Waals surface area contributed by atoms with Crippen LogP contribution in [-0.4, -0.2) is 14.7 Å². The van der Waals surface area contributed by atoms with Crippen molar-refractivity contribution in [3.8, 4) is 0 Å². The minimum atomic E-state index is -3.29. The van der Waals surface area contributed by atoms with Gasteiger partial charge in [-0.15, -0.1) is 5.11 Å². The lowest BCUT2D eigenvalue weighted by Gasteiger charge is -2.01. The van der Waals surface area contributed by atoms with Crippen molar-refractivity contribution in [1.82, 2.24) is 0 Å². The Morgan fingerprint density at radius 1 is 0.833 bits per heavy atom. The van der Waals surface area contributed by atoms with Crippen LogP contribution in [0.2, 0.25) is 0 Å². The minimum Gasteiger partial charge on any atom is -0.224 e. The van der Waals surface area contributed by atoms with Gasteiger partial charge in [-0.2, -0.15) is 5.11 Å². The molecule has 0 saturated carbocycles. The second-order valence-electron chi connectivity index (χ2n) is 3.78. The molecule has 4 nitrogen and oxygen atoms in total. The van der Waals surface area contributed by atoms with Gasteiger partial charge in [-0.05, 0) is 24.3 Å². The van der Waals surface area contributed by atoms with Crippen LogP contribution in [0.1, 0.15) is 0 Å². The zero-order valence-electron chi connectivity index (χ0n) is 9.82. The summed E-state index contributed by atoms with van der Waals surface area (Å²) >= 11 is 0. The highest BCUT2D eigenvalue weighted by atomic mass is 32.2. The van der Waals surface area contributed by atoms with Gasteiger partial charge in [-0.25, -0.2) is 8.42 Å². The van der Waals surface area contributed by atoms with Crippen molar-refractivity contribution in [3.05, 3.63) is 54.6 Å². The second-order valence-corrected chi connectivity index (χ2v) is 5.76. The maximum Gasteiger partial charge on any atom is 0.177 e. The first-order valence-electron chi connectivity index (χ1n) is 5.33. The monoisotopic (exact) mass is 260 g/mol. The van der Waals surface area contributed by atoms with Gasteiger partial charge >= 0.3 is 0 Å². The zero-order valence-corrected chi connectivity index (χ0v) is 10.6. The summed E-state index contributed by atoms with van der Waals surface area (Å²) in [6, 6.07) is 15.7. The predicted molar refractivity (Wildman–Crippen MR) is 70.2 cm³/mol. The summed E-state index contributed by atoms with van der Waals surface area (Å²) in [5.74, 6) is 0. The van der Waals surface area contributed by atoms with Crippen LogP contribution in [0.4, 0.5) is 11.4 Å². The zero-order chi connectivity index (χ0) is 13.0. The first kappa shape index (κ1) is 12.4. The molecule has 5 heteroatoms. The molecule has 0 heterocycles. The molecule has 2 aromatic carbocycles. The van der Waals surface area contributed by atoms with Gasteiger partial charge < -0.3 is 0 Å². The van der Waals surface area contributed by atoms with Gasteiger partial charge in [-0.3, -0.25) is 0 Å². The Morgan fingerprint density at radius 3 is 2.11 bits per heavy atom. The summed E-state index contributed by atoms with van der Waals surface area (Å²) in [7, 11) is -3.29. The number of nitrogens with zero attached hydrogens (tertiary/aromatic N) is 2. The Kier molecular flexibility index (Phi) is 3.53. The van der Waals surface area contributed by atoms with Gasteiger partial charge in [0.2, 0.25) is 0 Å². The maximum absolute atomic E-state index is 11.6. The van der Waals surface area contributed by atoms with Gasteiger partial charge in [0.05, 0.1) is 10.6 Å². The van der Waals surface area contributed by atoms with Crippen molar-refractivity contribution in [2.45, 2.75) is 4.90 Å². The molecule has 0 fully saturated rings. The Balaban J connectivity index is 2.39. The maximum atomic E-state index is 11.6. The number of hydrogen-bond donors (Lipinski definition) is 0. The molecule has 0 N–H and O–H groups in total. The summed E-state index contributed by atoms with van der Waals surface area (Å²) in [6.07, 6.45) is 1.16. The Morgan fingerprint density at radius 2 is 1.44 bits per heavy atom. The molecule has 0 aliphatic heterocycles. The molecule has 2 aromatic rings. The Labute approximate surface area is 106 Å². The van der Waals surface area contributed by atoms with Gasteiger partial charge in [0.15, 0.2) is 9.84 Å². The summed E-state index contributed by atoms with van der Waals surface area (Å²) in [6.45, 7) is 0. The van der Waals surface area contributed by atoms with Crippen molar-refractivity contribution >= 4 is 21.2 Å². The van der Waals surface area contributed by atoms with Crippen LogP contribution in [0, 0.1) is 0 Å². The Bertz CT molecular complexity index is 664. The van der Waals surface area contributed by atoms with Crippen molar-refractivity contribution in [2.24, 2.45) is 10.2 Å². The molecule has 0 aromatic heterocycles. The second kappa shape index (κ2) is 5.10. The molecule has 0 atom stereocenters. The van der Waals surface area contributed by atoms with E-state index in [1.807, 2.05) is 18.2 Å². The number of benzene rings is 2. The molecule has 0 unspecified atom stereocenters. The standard InChI is InChI=1S/C13H12N2O2S/c1-18(16,17)13-10-6-5-9-12(13)15-14-11-7-3-2-4-8-11/h2-10H,1H3. The first-order valence-corrected chi connectivity index (χ1v) is 7.22. The van der Waals surface area contributed by atoms with Crippen LogP contribution >= 0.6 is 0 Å². The minimum absolute atomic E-state index is 0.185. The molecule has 18 heavy (non-hydrogen) atoms. The number of sulfone groups is 1. The van der Waals surface area contributed by atoms with E-state index >= 15 is 0 Å². The molecule has 0 aliphatic carbocycles. The van der Waals surface area contributed by atoms with Crippen LogP contribution in [0.25, 0.3) is 0 Å². The number of hydrogen-bond acceptors (Lipinski definition) is 4. The van der Waals surface area contributed by atoms with Crippen molar-refractivity contribution in [2.75, 3.05) is 6.26 Å². The fourth-order valence-electron chi connectivity index (χ4n) is 1.46. The van der Waals surface area contributed by atoms with Crippen LogP contribution in [0.5, 0.6) is 0 Å². The molecule has 0 aliphatic rings. The SMILES string of the molecule is CS(=O)(=O)c1ccccc1N=Nc1ccccc1. The van der Waals surface area contributed by atoms with Crippen LogP contribution in [-0.2, 0) is 9.84 Å². The highest BCUT2D eigenvalue weighted by Gasteiger charge is 2.11. The van der Waals surface area contributed by atoms with Crippen molar-refractivity contribution < 1.29 is 8.42 Å². The third-order valence-electron chi connectivity index (χ3n) is 2.29. The largest absolute Gasteiger partial charge is 0.224 e. The van der Waals surface area contributed by atoms with E-state index in [2.05, 4.69) is 10.2 Å². The predicted octanol–water partition coefficient (Wildman–Crippen LogP) is 3.51. The van der Waals surface area contributed by atoms with Gasteiger partial charge in [0.1, 0.15) is 5.69 Å². The molecule has 0 bridgehead atoms. The van der Waals surface area contributed by atoms with E-state index in [0.717, 1.165) is 6.26 Å². The summed E-state index contributed by atoms with van der Waals surface area (Å²) in [5, 5.41) is 8.00. The normalized spacial score (nSPS) is 11.8. The average Bonchev–Trinajstić information content (AvgIpc) is 2.37. The van der Waals surface area contributed by atoms with E-state index in [-0.39, 0.29) is 4.90 Å². The van der Waals surface area contributed by atoms with E-state index in [0.29, 0.717) is 11.4 Å². The first-order chi connectivity index (χ1) is 8.57. The van der Waals surface area contributed by atoms with E-state index in [9.17, 15) is 8.42 Å². The fourth-order valence-corrected chi connectivity index (χ4v) is 2.27. The summed E-state index contributed by atoms with van der Waals surface area (Å²) in [4.78, 5) is 0.185. The molecular weight excluding hydrogens is 248 g/mol. The molecule has 0 amide bonds.